The van der Waals surface area contributed by atoms with Gasteiger partial charge in [0.05, 0.1) is 24.7 Å². The van der Waals surface area contributed by atoms with E-state index in [-0.39, 0.29) is 5.89 Å². The molecule has 0 unspecified atom stereocenters. The minimum absolute atomic E-state index is 0.000357. The number of hydrogen-bond acceptors (Lipinski definition) is 7. The SMILES string of the molecule is COc1ccc(NC(=O)c2ncc(-c3ccccc3)o2)cc1S.Cc1cc(C)c(N)c(C)n1. The van der Waals surface area contributed by atoms with Gasteiger partial charge in [-0.05, 0) is 50.6 Å². The molecule has 170 valence electrons. The number of carbonyl (C=O) groups excluding carboxylic acids is 1. The van der Waals surface area contributed by atoms with Crippen LogP contribution in [0.15, 0.2) is 70.1 Å². The summed E-state index contributed by atoms with van der Waals surface area (Å²) >= 11 is 4.29. The van der Waals surface area contributed by atoms with Crippen LogP contribution in [0.3, 0.4) is 0 Å². The van der Waals surface area contributed by atoms with E-state index in [1.165, 1.54) is 6.20 Å². The van der Waals surface area contributed by atoms with E-state index in [0.29, 0.717) is 22.1 Å². The number of aryl methyl sites for hydroxylation is 3. The lowest BCUT2D eigenvalue weighted by molar-refractivity contribution is 0.0991. The topological polar surface area (TPSA) is 103 Å². The Morgan fingerprint density at radius 1 is 1.09 bits per heavy atom. The molecule has 8 heteroatoms. The third-order valence-electron chi connectivity index (χ3n) is 4.78. The van der Waals surface area contributed by atoms with Crippen LogP contribution in [0, 0.1) is 20.8 Å². The number of nitrogens with zero attached hydrogens (tertiary/aromatic N) is 2. The summed E-state index contributed by atoms with van der Waals surface area (Å²) in [7, 11) is 1.56. The zero-order chi connectivity index (χ0) is 24.0. The van der Waals surface area contributed by atoms with Crippen LogP contribution in [0.4, 0.5) is 11.4 Å². The molecule has 1 amide bonds. The third-order valence-corrected chi connectivity index (χ3v) is 5.13. The molecule has 2 aromatic carbocycles. The standard InChI is InChI=1S/C17H14N2O3S.C8H12N2/c1-21-13-8-7-12(9-15(13)23)19-16(20)17-18-10-14(22-17)11-5-3-2-4-6-11;1-5-4-6(2)10-7(3)8(5)9/h2-10,23H,1H3,(H,19,20);4H,9H2,1-3H3. The molecule has 7 nitrogen and oxygen atoms in total. The first-order chi connectivity index (χ1) is 15.8. The van der Waals surface area contributed by atoms with Crippen molar-refractivity contribution in [3.63, 3.8) is 0 Å². The van der Waals surface area contributed by atoms with Gasteiger partial charge in [-0.25, -0.2) is 4.98 Å². The van der Waals surface area contributed by atoms with Gasteiger partial charge < -0.3 is 20.2 Å². The van der Waals surface area contributed by atoms with Gasteiger partial charge in [-0.2, -0.15) is 0 Å². The minimum atomic E-state index is -0.426. The van der Waals surface area contributed by atoms with E-state index in [0.717, 1.165) is 28.2 Å². The Balaban J connectivity index is 0.000000257. The van der Waals surface area contributed by atoms with Gasteiger partial charge >= 0.3 is 5.91 Å². The van der Waals surface area contributed by atoms with E-state index in [1.54, 1.807) is 25.3 Å². The second-order valence-corrected chi connectivity index (χ2v) is 7.80. The first-order valence-electron chi connectivity index (χ1n) is 10.2. The van der Waals surface area contributed by atoms with Crippen LogP contribution in [0.5, 0.6) is 5.75 Å². The zero-order valence-electron chi connectivity index (χ0n) is 18.9. The summed E-state index contributed by atoms with van der Waals surface area (Å²) in [6.07, 6.45) is 1.53. The third kappa shape index (κ3) is 6.14. The van der Waals surface area contributed by atoms with Crippen LogP contribution in [0.2, 0.25) is 0 Å². The number of amides is 1. The number of pyridine rings is 1. The van der Waals surface area contributed by atoms with Crippen molar-refractivity contribution >= 4 is 29.9 Å². The average molecular weight is 463 g/mol. The quantitative estimate of drug-likeness (QED) is 0.347. The van der Waals surface area contributed by atoms with Crippen LogP contribution in [-0.2, 0) is 0 Å². The summed E-state index contributed by atoms with van der Waals surface area (Å²) in [5.74, 6) is 0.750. The van der Waals surface area contributed by atoms with Gasteiger partial charge in [0.2, 0.25) is 0 Å². The first-order valence-corrected chi connectivity index (χ1v) is 10.6. The van der Waals surface area contributed by atoms with Gasteiger partial charge in [-0.1, -0.05) is 30.3 Å². The van der Waals surface area contributed by atoms with Gasteiger partial charge in [0, 0.05) is 21.8 Å². The summed E-state index contributed by atoms with van der Waals surface area (Å²) in [5, 5.41) is 2.72. The number of oxazole rings is 1. The van der Waals surface area contributed by atoms with E-state index in [1.807, 2.05) is 57.2 Å². The average Bonchev–Trinajstić information content (AvgIpc) is 3.29. The molecule has 4 aromatic rings. The largest absolute Gasteiger partial charge is 0.496 e. The number of nitrogens with one attached hydrogen (secondary N) is 1. The van der Waals surface area contributed by atoms with Crippen molar-refractivity contribution in [3.05, 3.63) is 83.6 Å². The van der Waals surface area contributed by atoms with Crippen LogP contribution in [0.1, 0.15) is 27.6 Å². The molecule has 4 rings (SSSR count). The highest BCUT2D eigenvalue weighted by Gasteiger charge is 2.15. The molecule has 0 aliphatic heterocycles. The molecule has 0 saturated carbocycles. The van der Waals surface area contributed by atoms with E-state index in [9.17, 15) is 4.79 Å². The monoisotopic (exact) mass is 462 g/mol. The summed E-state index contributed by atoms with van der Waals surface area (Å²) in [6.45, 7) is 5.89. The van der Waals surface area contributed by atoms with Gasteiger partial charge in [-0.15, -0.1) is 12.6 Å². The Morgan fingerprint density at radius 3 is 2.45 bits per heavy atom. The van der Waals surface area contributed by atoms with Gasteiger partial charge in [0.25, 0.3) is 5.89 Å². The molecule has 0 fully saturated rings. The van der Waals surface area contributed by atoms with Crippen molar-refractivity contribution < 1.29 is 13.9 Å². The van der Waals surface area contributed by atoms with Crippen LogP contribution < -0.4 is 15.8 Å². The molecule has 2 heterocycles. The molecular formula is C25H26N4O3S. The number of thiol groups is 1. The highest BCUT2D eigenvalue weighted by atomic mass is 32.1. The number of aromatic nitrogens is 2. The summed E-state index contributed by atoms with van der Waals surface area (Å²) < 4.78 is 10.6. The zero-order valence-corrected chi connectivity index (χ0v) is 19.8. The lowest BCUT2D eigenvalue weighted by Crippen LogP contribution is -2.12. The maximum atomic E-state index is 12.2. The molecule has 0 bridgehead atoms. The van der Waals surface area contributed by atoms with Gasteiger partial charge in [0.1, 0.15) is 5.75 Å². The second kappa shape index (κ2) is 10.7. The second-order valence-electron chi connectivity index (χ2n) is 7.32. The van der Waals surface area contributed by atoms with Crippen molar-refractivity contribution in [3.8, 4) is 17.1 Å². The smallest absolute Gasteiger partial charge is 0.311 e. The Morgan fingerprint density at radius 2 is 1.82 bits per heavy atom. The molecule has 0 atom stereocenters. The van der Waals surface area contributed by atoms with Crippen LogP contribution >= 0.6 is 12.6 Å². The Kier molecular flexibility index (Phi) is 7.74. The summed E-state index contributed by atoms with van der Waals surface area (Å²) in [4.78, 5) is 21.1. The van der Waals surface area contributed by atoms with Crippen LogP contribution in [-0.4, -0.2) is 23.0 Å². The molecule has 33 heavy (non-hydrogen) atoms. The van der Waals surface area contributed by atoms with E-state index >= 15 is 0 Å². The maximum absolute atomic E-state index is 12.2. The number of nitrogens with two attached hydrogens (primary N) is 1. The van der Waals surface area contributed by atoms with Gasteiger partial charge in [-0.3, -0.25) is 9.78 Å². The number of nitrogen functional groups attached to an aromatic ring is 1. The first kappa shape index (κ1) is 23.9. The highest BCUT2D eigenvalue weighted by molar-refractivity contribution is 7.80. The molecule has 0 aliphatic carbocycles. The number of carbonyl (C=O) groups is 1. The number of benzene rings is 2. The van der Waals surface area contributed by atoms with Crippen molar-refractivity contribution in [2.75, 3.05) is 18.2 Å². The Hall–Kier alpha value is -3.78. The molecular weight excluding hydrogens is 436 g/mol. The number of rotatable bonds is 4. The number of methoxy groups -OCH3 is 1. The highest BCUT2D eigenvalue weighted by Crippen LogP contribution is 2.26. The van der Waals surface area contributed by atoms with Crippen LogP contribution in [0.25, 0.3) is 11.3 Å². The summed E-state index contributed by atoms with van der Waals surface area (Å²) in [6, 6.07) is 16.6. The fourth-order valence-electron chi connectivity index (χ4n) is 3.10. The number of anilines is 2. The number of ether oxygens (including phenoxy) is 1. The molecule has 3 N–H and O–H groups in total. The van der Waals surface area contributed by atoms with Gasteiger partial charge in [0.15, 0.2) is 5.76 Å². The van der Waals surface area contributed by atoms with Crippen molar-refractivity contribution in [2.24, 2.45) is 0 Å². The van der Waals surface area contributed by atoms with E-state index in [2.05, 4.69) is 27.9 Å². The Bertz CT molecular complexity index is 1230. The van der Waals surface area contributed by atoms with E-state index < -0.39 is 5.91 Å². The fourth-order valence-corrected chi connectivity index (χ4v) is 3.41. The normalized spacial score (nSPS) is 10.2. The molecule has 0 radical (unpaired) electrons. The summed E-state index contributed by atoms with van der Waals surface area (Å²) in [5.41, 5.74) is 11.0. The maximum Gasteiger partial charge on any atom is 0.311 e. The fraction of sp³-hybridized carbons (Fsp3) is 0.160. The molecule has 0 saturated heterocycles. The predicted molar refractivity (Wildman–Crippen MR) is 133 cm³/mol. The number of hydrogen-bond donors (Lipinski definition) is 3. The minimum Gasteiger partial charge on any atom is -0.496 e. The molecule has 0 spiro atoms. The lowest BCUT2D eigenvalue weighted by Gasteiger charge is -2.07. The van der Waals surface area contributed by atoms with Crippen molar-refractivity contribution in [1.29, 1.82) is 0 Å². The van der Waals surface area contributed by atoms with Crippen molar-refractivity contribution in [1.82, 2.24) is 9.97 Å². The predicted octanol–water partition coefficient (Wildman–Crippen LogP) is 5.48. The van der Waals surface area contributed by atoms with E-state index in [4.69, 9.17) is 14.9 Å². The van der Waals surface area contributed by atoms with Crippen molar-refractivity contribution in [2.45, 2.75) is 25.7 Å². The molecule has 0 aliphatic rings. The lowest BCUT2D eigenvalue weighted by atomic mass is 10.2. The Labute approximate surface area is 198 Å². The molecule has 2 aromatic heterocycles.